The maximum Gasteiger partial charge on any atom is 1.00 e. The molecule has 0 fully saturated rings. The minimum Gasteiger partial charge on any atom is -1.00 e. The molecule has 126 valence electrons. The van der Waals surface area contributed by atoms with E-state index in [0.29, 0.717) is 12.4 Å². The largest absolute Gasteiger partial charge is 1.00 e. The van der Waals surface area contributed by atoms with Crippen LogP contribution in [0, 0.1) is 13.8 Å². The quantitative estimate of drug-likeness (QED) is 0.545. The number of para-hydroxylation sites is 1. The molecule has 7 heteroatoms. The van der Waals surface area contributed by atoms with Crippen molar-refractivity contribution in [3.8, 4) is 5.75 Å². The predicted octanol–water partition coefficient (Wildman–Crippen LogP) is 0.794. The number of hydrogen-bond donors (Lipinski definition) is 1. The molecular formula is C18H18NNaO4S. The number of nitrogens with zero attached hydrogens (tertiary/aromatic N) is 1. The molecule has 0 aliphatic heterocycles. The number of rotatable bonds is 4. The number of hydrogen-bond acceptors (Lipinski definition) is 4. The average molecular weight is 367 g/mol. The number of aromatic nitrogens is 1. The molecule has 0 saturated heterocycles. The van der Waals surface area contributed by atoms with Crippen LogP contribution in [0.4, 0.5) is 0 Å². The number of aryl methyl sites for hydroxylation is 2. The number of fused-ring (bicyclic) bond motifs is 1. The minimum atomic E-state index is -4.19. The summed E-state index contributed by atoms with van der Waals surface area (Å²) in [6.45, 7) is 4.30. The van der Waals surface area contributed by atoms with E-state index in [4.69, 9.17) is 9.29 Å². The molecule has 0 radical (unpaired) electrons. The van der Waals surface area contributed by atoms with Crippen LogP contribution in [0.1, 0.15) is 18.2 Å². The molecular weight excluding hydrogens is 349 g/mol. The Balaban J connectivity index is 0.00000169. The molecule has 0 amide bonds. The first-order chi connectivity index (χ1) is 11.3. The topological polar surface area (TPSA) is 76.5 Å². The number of ether oxygens (including phenoxy) is 1. The second kappa shape index (κ2) is 7.85. The Labute approximate surface area is 170 Å². The molecule has 3 aromatic rings. The molecule has 0 aliphatic rings. The maximum absolute atomic E-state index is 11.0. The van der Waals surface area contributed by atoms with Crippen molar-refractivity contribution in [3.63, 3.8) is 0 Å². The van der Waals surface area contributed by atoms with Gasteiger partial charge in [0.1, 0.15) is 12.4 Å². The maximum atomic E-state index is 11.0. The normalized spacial score (nSPS) is 11.2. The van der Waals surface area contributed by atoms with Gasteiger partial charge < -0.3 is 6.16 Å². The second-order valence-electron chi connectivity index (χ2n) is 5.63. The van der Waals surface area contributed by atoms with Gasteiger partial charge in [0.15, 0.2) is 0 Å². The summed E-state index contributed by atoms with van der Waals surface area (Å²) in [5, 5.41) is 1.04. The van der Waals surface area contributed by atoms with E-state index in [1.165, 1.54) is 24.3 Å². The van der Waals surface area contributed by atoms with Crippen molar-refractivity contribution in [2.24, 2.45) is 0 Å². The third-order valence-corrected chi connectivity index (χ3v) is 4.64. The average Bonchev–Trinajstić information content (AvgIpc) is 2.53. The summed E-state index contributed by atoms with van der Waals surface area (Å²) in [6.07, 6.45) is 0. The van der Waals surface area contributed by atoms with Crippen LogP contribution in [0.15, 0.2) is 53.4 Å². The second-order valence-corrected chi connectivity index (χ2v) is 7.05. The third-order valence-electron chi connectivity index (χ3n) is 3.77. The van der Waals surface area contributed by atoms with E-state index in [0.717, 1.165) is 27.7 Å². The zero-order chi connectivity index (χ0) is 17.3. The summed E-state index contributed by atoms with van der Waals surface area (Å²) in [6, 6.07) is 13.7. The van der Waals surface area contributed by atoms with Gasteiger partial charge in [-0.2, -0.15) is 8.42 Å². The van der Waals surface area contributed by atoms with Gasteiger partial charge in [0.2, 0.25) is 0 Å². The van der Waals surface area contributed by atoms with Gasteiger partial charge >= 0.3 is 29.6 Å². The predicted molar refractivity (Wildman–Crippen MR) is 92.9 cm³/mol. The van der Waals surface area contributed by atoms with Crippen molar-refractivity contribution in [1.29, 1.82) is 0 Å². The summed E-state index contributed by atoms with van der Waals surface area (Å²) in [7, 11) is -4.19. The van der Waals surface area contributed by atoms with Crippen molar-refractivity contribution in [3.05, 3.63) is 65.4 Å². The van der Waals surface area contributed by atoms with Crippen LogP contribution in [0.5, 0.6) is 5.75 Å². The number of pyridine rings is 1. The van der Waals surface area contributed by atoms with E-state index in [9.17, 15) is 8.42 Å². The van der Waals surface area contributed by atoms with E-state index >= 15 is 0 Å². The first-order valence-electron chi connectivity index (χ1n) is 7.41. The van der Waals surface area contributed by atoms with Gasteiger partial charge in [-0.1, -0.05) is 18.2 Å². The smallest absolute Gasteiger partial charge is 1.00 e. The summed E-state index contributed by atoms with van der Waals surface area (Å²) in [4.78, 5) is 4.42. The SMILES string of the molecule is Cc1cc(COc2ccc(S(=O)(=O)O)cc2)c2cccc(C)c2n1.[H-].[Na+]. The van der Waals surface area contributed by atoms with E-state index in [1.54, 1.807) is 0 Å². The fraction of sp³-hybridized carbons (Fsp3) is 0.167. The summed E-state index contributed by atoms with van der Waals surface area (Å²) >= 11 is 0. The molecule has 1 heterocycles. The molecule has 25 heavy (non-hydrogen) atoms. The Bertz CT molecular complexity index is 1010. The van der Waals surface area contributed by atoms with Gasteiger partial charge in [-0.05, 0) is 49.7 Å². The Morgan fingerprint density at radius 2 is 1.80 bits per heavy atom. The molecule has 0 spiro atoms. The van der Waals surface area contributed by atoms with E-state index in [2.05, 4.69) is 4.98 Å². The molecule has 0 unspecified atom stereocenters. The summed E-state index contributed by atoms with van der Waals surface area (Å²) in [5.41, 5.74) is 3.99. The summed E-state index contributed by atoms with van der Waals surface area (Å²) in [5.74, 6) is 0.526. The molecule has 2 aromatic carbocycles. The molecule has 3 rings (SSSR count). The number of benzene rings is 2. The molecule has 0 saturated carbocycles. The van der Waals surface area contributed by atoms with E-state index < -0.39 is 10.1 Å². The van der Waals surface area contributed by atoms with Crippen molar-refractivity contribution in [2.75, 3.05) is 0 Å². The zero-order valence-electron chi connectivity index (χ0n) is 15.4. The van der Waals surface area contributed by atoms with Crippen LogP contribution in [0.25, 0.3) is 10.9 Å². The van der Waals surface area contributed by atoms with E-state index in [1.807, 2.05) is 38.1 Å². The van der Waals surface area contributed by atoms with Crippen LogP contribution in [-0.4, -0.2) is 18.0 Å². The van der Waals surface area contributed by atoms with Crippen molar-refractivity contribution >= 4 is 21.0 Å². The third kappa shape index (κ3) is 4.59. The zero-order valence-corrected chi connectivity index (χ0v) is 17.2. The monoisotopic (exact) mass is 367 g/mol. The standard InChI is InChI=1S/C18H17NO4S.Na.H/c1-12-4-3-5-17-14(10-13(2)19-18(12)17)11-23-15-6-8-16(9-7-15)24(20,21)22;;/h3-10H,11H2,1-2H3,(H,20,21,22);;/q;+1;-1. The van der Waals surface area contributed by atoms with Gasteiger partial charge in [-0.3, -0.25) is 9.54 Å². The van der Waals surface area contributed by atoms with Crippen LogP contribution in [0.2, 0.25) is 0 Å². The van der Waals surface area contributed by atoms with Crippen molar-refractivity contribution < 1.29 is 48.7 Å². The van der Waals surface area contributed by atoms with Crippen LogP contribution in [0.3, 0.4) is 0 Å². The van der Waals surface area contributed by atoms with Crippen molar-refractivity contribution in [1.82, 2.24) is 4.98 Å². The molecule has 1 aromatic heterocycles. The van der Waals surface area contributed by atoms with Crippen LogP contribution < -0.4 is 34.3 Å². The van der Waals surface area contributed by atoms with Gasteiger partial charge in [-0.15, -0.1) is 0 Å². The fourth-order valence-electron chi connectivity index (χ4n) is 2.59. The van der Waals surface area contributed by atoms with Crippen LogP contribution >= 0.6 is 0 Å². The Kier molecular flexibility index (Phi) is 6.24. The Morgan fingerprint density at radius 1 is 1.12 bits per heavy atom. The summed E-state index contributed by atoms with van der Waals surface area (Å²) < 4.78 is 36.8. The molecule has 0 aliphatic carbocycles. The molecule has 0 bridgehead atoms. The van der Waals surface area contributed by atoms with Gasteiger partial charge in [0.25, 0.3) is 10.1 Å². The molecule has 0 atom stereocenters. The molecule has 5 nitrogen and oxygen atoms in total. The van der Waals surface area contributed by atoms with Crippen molar-refractivity contribution in [2.45, 2.75) is 25.3 Å². The van der Waals surface area contributed by atoms with Gasteiger partial charge in [-0.25, -0.2) is 0 Å². The first kappa shape index (κ1) is 19.9. The van der Waals surface area contributed by atoms with E-state index in [-0.39, 0.29) is 35.9 Å². The minimum absolute atomic E-state index is 0. The fourth-order valence-corrected chi connectivity index (χ4v) is 3.07. The van der Waals surface area contributed by atoms with Gasteiger partial charge in [0, 0.05) is 16.6 Å². The Hall–Kier alpha value is -1.44. The first-order valence-corrected chi connectivity index (χ1v) is 8.85. The van der Waals surface area contributed by atoms with Crippen LogP contribution in [-0.2, 0) is 16.7 Å². The Morgan fingerprint density at radius 3 is 2.44 bits per heavy atom. The van der Waals surface area contributed by atoms with Gasteiger partial charge in [0.05, 0.1) is 10.4 Å². The molecule has 1 N–H and O–H groups in total.